The van der Waals surface area contributed by atoms with Gasteiger partial charge >= 0.3 is 0 Å². The summed E-state index contributed by atoms with van der Waals surface area (Å²) in [5.74, 6) is 1.07. The fraction of sp³-hybridized carbons (Fsp3) is 0.320. The van der Waals surface area contributed by atoms with Crippen molar-refractivity contribution in [2.24, 2.45) is 0 Å². The van der Waals surface area contributed by atoms with Crippen molar-refractivity contribution in [2.75, 3.05) is 16.4 Å². The van der Waals surface area contributed by atoms with Crippen LogP contribution in [0.2, 0.25) is 0 Å². The predicted octanol–water partition coefficient (Wildman–Crippen LogP) is 3.95. The van der Waals surface area contributed by atoms with Crippen molar-refractivity contribution < 1.29 is 5.11 Å². The Bertz CT molecular complexity index is 1220. The number of aliphatic hydroxyl groups excluding tert-OH is 1. The van der Waals surface area contributed by atoms with Gasteiger partial charge in [-0.2, -0.15) is 9.97 Å². The fourth-order valence-corrected chi connectivity index (χ4v) is 3.82. The number of fused-ring (bicyclic) bond motifs is 1. The minimum atomic E-state index is -0.535. The van der Waals surface area contributed by atoms with Gasteiger partial charge < -0.3 is 26.0 Å². The van der Waals surface area contributed by atoms with Crippen LogP contribution in [-0.4, -0.2) is 36.8 Å². The van der Waals surface area contributed by atoms with Crippen LogP contribution >= 0.6 is 0 Å². The second-order valence-electron chi connectivity index (χ2n) is 8.38. The van der Waals surface area contributed by atoms with Crippen LogP contribution in [0.1, 0.15) is 37.0 Å². The SMILES string of the molecule is CCC(Nc1nc(NCc2cc(C)ccc2N)c2ncn(Cc3ccccc3)c2n1)C(C)O. The van der Waals surface area contributed by atoms with Crippen LogP contribution in [0.15, 0.2) is 54.9 Å². The standard InChI is InChI=1S/C25H31N7O/c1-4-21(17(3)33)29-25-30-23(27-13-19-12-16(2)10-11-20(19)26)22-24(31-25)32(15-28-22)14-18-8-6-5-7-9-18/h5-12,15,17,21,33H,4,13-14,26H2,1-3H3,(H2,27,29,30,31). The van der Waals surface area contributed by atoms with Gasteiger partial charge in [-0.15, -0.1) is 0 Å². The molecule has 2 atom stereocenters. The van der Waals surface area contributed by atoms with E-state index in [9.17, 15) is 5.11 Å². The Morgan fingerprint density at radius 1 is 1.12 bits per heavy atom. The van der Waals surface area contributed by atoms with Crippen LogP contribution in [0.3, 0.4) is 0 Å². The molecule has 2 aromatic carbocycles. The molecule has 0 aliphatic carbocycles. The first-order valence-corrected chi connectivity index (χ1v) is 11.2. The van der Waals surface area contributed by atoms with Crippen LogP contribution in [0.5, 0.6) is 0 Å². The lowest BCUT2D eigenvalue weighted by Gasteiger charge is -2.20. The van der Waals surface area contributed by atoms with E-state index in [4.69, 9.17) is 15.7 Å². The number of nitrogens with one attached hydrogen (secondary N) is 2. The summed E-state index contributed by atoms with van der Waals surface area (Å²) >= 11 is 0. The van der Waals surface area contributed by atoms with Gasteiger partial charge in [-0.25, -0.2) is 4.98 Å². The highest BCUT2D eigenvalue weighted by molar-refractivity contribution is 5.84. The molecule has 0 saturated carbocycles. The topological polar surface area (TPSA) is 114 Å². The number of nitrogen functional groups attached to an aromatic ring is 1. The Kier molecular flexibility index (Phi) is 6.74. The summed E-state index contributed by atoms with van der Waals surface area (Å²) in [5.41, 5.74) is 11.6. The third-order valence-electron chi connectivity index (χ3n) is 5.74. The molecule has 2 aromatic heterocycles. The van der Waals surface area contributed by atoms with Gasteiger partial charge in [0, 0.05) is 12.2 Å². The minimum absolute atomic E-state index is 0.159. The van der Waals surface area contributed by atoms with Gasteiger partial charge in [0.15, 0.2) is 17.0 Å². The second kappa shape index (κ2) is 9.87. The number of aromatic nitrogens is 4. The molecule has 2 unspecified atom stereocenters. The quantitative estimate of drug-likeness (QED) is 0.288. The lowest BCUT2D eigenvalue weighted by atomic mass is 10.1. The van der Waals surface area contributed by atoms with Crippen molar-refractivity contribution in [1.82, 2.24) is 19.5 Å². The van der Waals surface area contributed by atoms with Gasteiger partial charge in [0.25, 0.3) is 0 Å². The molecule has 0 radical (unpaired) electrons. The number of imidazole rings is 1. The Labute approximate surface area is 193 Å². The molecule has 8 nitrogen and oxygen atoms in total. The molecule has 0 fully saturated rings. The summed E-state index contributed by atoms with van der Waals surface area (Å²) in [5, 5.41) is 16.8. The molecule has 0 saturated heterocycles. The number of anilines is 3. The molecule has 0 spiro atoms. The van der Waals surface area contributed by atoms with Gasteiger partial charge in [0.2, 0.25) is 5.95 Å². The largest absolute Gasteiger partial charge is 0.398 e. The van der Waals surface area contributed by atoms with Crippen LogP contribution in [0, 0.1) is 6.92 Å². The number of benzene rings is 2. The molecule has 0 bridgehead atoms. The van der Waals surface area contributed by atoms with E-state index in [0.29, 0.717) is 30.4 Å². The van der Waals surface area contributed by atoms with Crippen LogP contribution < -0.4 is 16.4 Å². The maximum absolute atomic E-state index is 10.1. The van der Waals surface area contributed by atoms with E-state index in [1.807, 2.05) is 48.7 Å². The number of rotatable bonds is 9. The van der Waals surface area contributed by atoms with E-state index in [2.05, 4.69) is 33.8 Å². The Morgan fingerprint density at radius 3 is 2.64 bits per heavy atom. The summed E-state index contributed by atoms with van der Waals surface area (Å²) in [7, 11) is 0. The molecule has 0 aliphatic rings. The number of aryl methyl sites for hydroxylation is 1. The zero-order chi connectivity index (χ0) is 23.4. The summed E-state index contributed by atoms with van der Waals surface area (Å²) in [6, 6.07) is 16.0. The summed E-state index contributed by atoms with van der Waals surface area (Å²) in [6.45, 7) is 6.98. The molecular weight excluding hydrogens is 414 g/mol. The normalized spacial score (nSPS) is 13.1. The smallest absolute Gasteiger partial charge is 0.227 e. The highest BCUT2D eigenvalue weighted by Gasteiger charge is 2.18. The highest BCUT2D eigenvalue weighted by Crippen LogP contribution is 2.24. The molecule has 0 amide bonds. The maximum atomic E-state index is 10.1. The maximum Gasteiger partial charge on any atom is 0.227 e. The zero-order valence-corrected chi connectivity index (χ0v) is 19.3. The van der Waals surface area contributed by atoms with Crippen molar-refractivity contribution in [1.29, 1.82) is 0 Å². The third kappa shape index (κ3) is 5.23. The van der Waals surface area contributed by atoms with Gasteiger partial charge in [-0.3, -0.25) is 0 Å². The van der Waals surface area contributed by atoms with E-state index >= 15 is 0 Å². The number of hydrogen-bond donors (Lipinski definition) is 4. The molecular formula is C25H31N7O. The second-order valence-corrected chi connectivity index (χ2v) is 8.38. The molecule has 33 heavy (non-hydrogen) atoms. The predicted molar refractivity (Wildman–Crippen MR) is 133 cm³/mol. The van der Waals surface area contributed by atoms with Gasteiger partial charge in [-0.1, -0.05) is 55.0 Å². The first-order chi connectivity index (χ1) is 15.9. The van der Waals surface area contributed by atoms with Crippen molar-refractivity contribution in [3.05, 3.63) is 71.5 Å². The van der Waals surface area contributed by atoms with E-state index < -0.39 is 6.10 Å². The van der Waals surface area contributed by atoms with E-state index in [1.54, 1.807) is 13.3 Å². The average molecular weight is 446 g/mol. The monoisotopic (exact) mass is 445 g/mol. The Hall–Kier alpha value is -3.65. The minimum Gasteiger partial charge on any atom is -0.398 e. The van der Waals surface area contributed by atoms with Crippen LogP contribution in [0.4, 0.5) is 17.5 Å². The van der Waals surface area contributed by atoms with Gasteiger partial charge in [0.1, 0.15) is 0 Å². The van der Waals surface area contributed by atoms with Crippen LogP contribution in [-0.2, 0) is 13.1 Å². The third-order valence-corrected chi connectivity index (χ3v) is 5.74. The molecule has 0 aliphatic heterocycles. The lowest BCUT2D eigenvalue weighted by Crippen LogP contribution is -2.31. The first kappa shape index (κ1) is 22.5. The Balaban J connectivity index is 1.71. The fourth-order valence-electron chi connectivity index (χ4n) is 3.82. The van der Waals surface area contributed by atoms with Gasteiger partial charge in [-0.05, 0) is 37.5 Å². The molecule has 5 N–H and O–H groups in total. The number of hydrogen-bond acceptors (Lipinski definition) is 7. The molecule has 172 valence electrons. The number of nitrogens with two attached hydrogens (primary N) is 1. The van der Waals surface area contributed by atoms with E-state index in [1.165, 1.54) is 0 Å². The van der Waals surface area contributed by atoms with Crippen LogP contribution in [0.25, 0.3) is 11.2 Å². The average Bonchev–Trinajstić information content (AvgIpc) is 3.21. The van der Waals surface area contributed by atoms with Gasteiger partial charge in [0.05, 0.1) is 25.0 Å². The van der Waals surface area contributed by atoms with Crippen molar-refractivity contribution in [3.8, 4) is 0 Å². The number of nitrogens with zero attached hydrogens (tertiary/aromatic N) is 4. The summed E-state index contributed by atoms with van der Waals surface area (Å²) in [6.07, 6.45) is 1.99. The Morgan fingerprint density at radius 2 is 1.91 bits per heavy atom. The van der Waals surface area contributed by atoms with Crippen molar-refractivity contribution >= 4 is 28.6 Å². The van der Waals surface area contributed by atoms with Crippen molar-refractivity contribution in [2.45, 2.75) is 52.4 Å². The summed E-state index contributed by atoms with van der Waals surface area (Å²) in [4.78, 5) is 14.1. The highest BCUT2D eigenvalue weighted by atomic mass is 16.3. The molecule has 4 rings (SSSR count). The molecule has 2 heterocycles. The van der Waals surface area contributed by atoms with Crippen molar-refractivity contribution in [3.63, 3.8) is 0 Å². The first-order valence-electron chi connectivity index (χ1n) is 11.2. The number of aliphatic hydroxyl groups is 1. The zero-order valence-electron chi connectivity index (χ0n) is 19.3. The molecule has 4 aromatic rings. The van der Waals surface area contributed by atoms with E-state index in [-0.39, 0.29) is 6.04 Å². The lowest BCUT2D eigenvalue weighted by molar-refractivity contribution is 0.169. The summed E-state index contributed by atoms with van der Waals surface area (Å²) < 4.78 is 2.01. The molecule has 8 heteroatoms. The van der Waals surface area contributed by atoms with E-state index in [0.717, 1.165) is 34.4 Å².